The quantitative estimate of drug-likeness (QED) is 0.636. The Hall–Kier alpha value is -0.130. The van der Waals surface area contributed by atoms with Gasteiger partial charge in [0.25, 0.3) is 0 Å². The van der Waals surface area contributed by atoms with Crippen LogP contribution in [0.3, 0.4) is 0 Å². The molecule has 1 heterocycles. The minimum Gasteiger partial charge on any atom is -0.313 e. The van der Waals surface area contributed by atoms with Crippen LogP contribution in [0.2, 0.25) is 0 Å². The number of primary sulfonamides is 1. The van der Waals surface area contributed by atoms with Crippen molar-refractivity contribution in [3.05, 3.63) is 0 Å². The Kier molecular flexibility index (Phi) is 3.09. The predicted octanol–water partition coefficient (Wildman–Crippen LogP) is -0.194. The van der Waals surface area contributed by atoms with Crippen molar-refractivity contribution in [3.63, 3.8) is 0 Å². The normalized spacial score (nSPS) is 31.8. The summed E-state index contributed by atoms with van der Waals surface area (Å²) < 4.78 is 21.8. The van der Waals surface area contributed by atoms with Crippen LogP contribution in [0.5, 0.6) is 0 Å². The fourth-order valence-corrected chi connectivity index (χ4v) is 2.31. The first-order valence-corrected chi connectivity index (χ1v) is 5.90. The highest BCUT2D eigenvalue weighted by Crippen LogP contribution is 2.14. The number of nitrogens with one attached hydrogen (secondary N) is 1. The third kappa shape index (κ3) is 2.43. The molecule has 1 fully saturated rings. The topological polar surface area (TPSA) is 72.2 Å². The second-order valence-corrected chi connectivity index (χ2v) is 5.15. The number of hydrogen-bond donors (Lipinski definition) is 2. The highest BCUT2D eigenvalue weighted by molar-refractivity contribution is 7.89. The molecule has 0 spiro atoms. The molecule has 3 N–H and O–H groups in total. The van der Waals surface area contributed by atoms with E-state index >= 15 is 0 Å². The summed E-state index contributed by atoms with van der Waals surface area (Å²) in [6.07, 6.45) is 2.67. The van der Waals surface area contributed by atoms with Gasteiger partial charge >= 0.3 is 0 Å². The molecule has 2 unspecified atom stereocenters. The molecule has 0 aromatic heterocycles. The van der Waals surface area contributed by atoms with Crippen LogP contribution in [0.4, 0.5) is 0 Å². The predicted molar refractivity (Wildman–Crippen MR) is 48.2 cm³/mol. The number of nitrogens with two attached hydrogens (primary N) is 1. The third-order valence-corrected chi connectivity index (χ3v) is 3.76. The van der Waals surface area contributed by atoms with E-state index in [1.165, 1.54) is 0 Å². The fraction of sp³-hybridized carbons (Fsp3) is 1.00. The maximum absolute atomic E-state index is 10.9. The Morgan fingerprint density at radius 2 is 2.17 bits per heavy atom. The summed E-state index contributed by atoms with van der Waals surface area (Å²) in [5, 5.41) is 7.82. The molecule has 1 saturated heterocycles. The highest BCUT2D eigenvalue weighted by atomic mass is 32.2. The molecule has 1 rings (SSSR count). The molecular weight excluding hydrogens is 176 g/mol. The van der Waals surface area contributed by atoms with Crippen molar-refractivity contribution in [2.24, 2.45) is 5.14 Å². The minimum absolute atomic E-state index is 0.375. The van der Waals surface area contributed by atoms with E-state index in [1.807, 2.05) is 0 Å². The fourth-order valence-electron chi connectivity index (χ4n) is 1.52. The Morgan fingerprint density at radius 1 is 1.50 bits per heavy atom. The summed E-state index contributed by atoms with van der Waals surface area (Å²) in [4.78, 5) is 0. The lowest BCUT2D eigenvalue weighted by atomic mass is 10.0. The van der Waals surface area contributed by atoms with Crippen LogP contribution in [0.1, 0.15) is 26.2 Å². The highest BCUT2D eigenvalue weighted by Gasteiger charge is 2.26. The smallest absolute Gasteiger partial charge is 0.213 e. The van der Waals surface area contributed by atoms with Crippen LogP contribution < -0.4 is 10.5 Å². The summed E-state index contributed by atoms with van der Waals surface area (Å²) in [5.41, 5.74) is 0. The molecule has 2 atom stereocenters. The molecule has 0 aromatic rings. The summed E-state index contributed by atoms with van der Waals surface area (Å²) in [6.45, 7) is 2.60. The summed E-state index contributed by atoms with van der Waals surface area (Å²) in [7, 11) is -3.32. The molecule has 72 valence electrons. The van der Waals surface area contributed by atoms with Gasteiger partial charge in [0, 0.05) is 12.6 Å². The second kappa shape index (κ2) is 3.72. The number of sulfonamides is 1. The molecule has 0 aromatic carbocycles. The molecule has 0 saturated carbocycles. The van der Waals surface area contributed by atoms with Gasteiger partial charge in [-0.1, -0.05) is 6.92 Å². The molecule has 0 amide bonds. The van der Waals surface area contributed by atoms with Crippen molar-refractivity contribution in [2.45, 2.75) is 37.5 Å². The van der Waals surface area contributed by atoms with E-state index in [4.69, 9.17) is 5.14 Å². The van der Waals surface area contributed by atoms with Gasteiger partial charge in [0.15, 0.2) is 0 Å². The van der Waals surface area contributed by atoms with E-state index in [-0.39, 0.29) is 5.25 Å². The molecular formula is C7H16N2O2S. The van der Waals surface area contributed by atoms with E-state index in [2.05, 4.69) is 12.2 Å². The summed E-state index contributed by atoms with van der Waals surface area (Å²) in [5.74, 6) is 0. The first-order valence-electron chi connectivity index (χ1n) is 4.29. The van der Waals surface area contributed by atoms with Crippen LogP contribution in [0.15, 0.2) is 0 Å². The van der Waals surface area contributed by atoms with Gasteiger partial charge in [0.05, 0.1) is 5.25 Å². The van der Waals surface area contributed by atoms with Crippen LogP contribution >= 0.6 is 0 Å². The summed E-state index contributed by atoms with van der Waals surface area (Å²) >= 11 is 0. The zero-order valence-corrected chi connectivity index (χ0v) is 8.10. The molecule has 0 bridgehead atoms. The van der Waals surface area contributed by atoms with Gasteiger partial charge in [-0.25, -0.2) is 13.6 Å². The Morgan fingerprint density at radius 3 is 2.50 bits per heavy atom. The van der Waals surface area contributed by atoms with Gasteiger partial charge in [-0.15, -0.1) is 0 Å². The maximum atomic E-state index is 10.9. The van der Waals surface area contributed by atoms with Crippen molar-refractivity contribution in [1.82, 2.24) is 5.32 Å². The maximum Gasteiger partial charge on any atom is 0.213 e. The molecule has 5 heteroatoms. The van der Waals surface area contributed by atoms with Crippen LogP contribution in [-0.4, -0.2) is 26.3 Å². The lowest BCUT2D eigenvalue weighted by Gasteiger charge is -2.27. The van der Waals surface area contributed by atoms with Crippen molar-refractivity contribution < 1.29 is 8.42 Å². The van der Waals surface area contributed by atoms with Crippen molar-refractivity contribution in [1.29, 1.82) is 0 Å². The van der Waals surface area contributed by atoms with Crippen molar-refractivity contribution >= 4 is 10.0 Å². The molecule has 0 radical (unpaired) electrons. The van der Waals surface area contributed by atoms with Gasteiger partial charge in [-0.2, -0.15) is 0 Å². The summed E-state index contributed by atoms with van der Waals surface area (Å²) in [6, 6.07) is 0.475. The average molecular weight is 192 g/mol. The van der Waals surface area contributed by atoms with Gasteiger partial charge in [0.1, 0.15) is 0 Å². The van der Waals surface area contributed by atoms with E-state index in [0.717, 1.165) is 12.8 Å². The number of rotatable bonds is 2. The van der Waals surface area contributed by atoms with E-state index < -0.39 is 10.0 Å². The molecule has 1 aliphatic heterocycles. The standard InChI is InChI=1S/C7H16N2O2S/c1-2-6-3-4-7(5-9-6)12(8,10)11/h6-7,9H,2-5H2,1H3,(H2,8,10,11). The monoisotopic (exact) mass is 192 g/mol. The Bertz CT molecular complexity index is 230. The van der Waals surface area contributed by atoms with Gasteiger partial charge < -0.3 is 5.32 Å². The largest absolute Gasteiger partial charge is 0.313 e. The minimum atomic E-state index is -3.32. The Labute approximate surface area is 73.6 Å². The van der Waals surface area contributed by atoms with Crippen molar-refractivity contribution in [3.8, 4) is 0 Å². The molecule has 0 aliphatic carbocycles. The average Bonchev–Trinajstić information content (AvgIpc) is 2.03. The van der Waals surface area contributed by atoms with E-state index in [9.17, 15) is 8.42 Å². The van der Waals surface area contributed by atoms with Crippen LogP contribution in [-0.2, 0) is 10.0 Å². The van der Waals surface area contributed by atoms with Crippen molar-refractivity contribution in [2.75, 3.05) is 6.54 Å². The van der Waals surface area contributed by atoms with Gasteiger partial charge in [-0.05, 0) is 19.3 Å². The second-order valence-electron chi connectivity index (χ2n) is 3.30. The Balaban J connectivity index is 2.47. The molecule has 1 aliphatic rings. The zero-order valence-electron chi connectivity index (χ0n) is 7.29. The first kappa shape index (κ1) is 9.95. The molecule has 4 nitrogen and oxygen atoms in total. The SMILES string of the molecule is CCC1CCC(S(N)(=O)=O)CN1. The van der Waals surface area contributed by atoms with Crippen LogP contribution in [0.25, 0.3) is 0 Å². The molecule has 12 heavy (non-hydrogen) atoms. The lowest BCUT2D eigenvalue weighted by Crippen LogP contribution is -2.46. The van der Waals surface area contributed by atoms with Gasteiger partial charge in [0.2, 0.25) is 10.0 Å². The first-order chi connectivity index (χ1) is 5.54. The van der Waals surface area contributed by atoms with Gasteiger partial charge in [-0.3, -0.25) is 0 Å². The lowest BCUT2D eigenvalue weighted by molar-refractivity contribution is 0.390. The van der Waals surface area contributed by atoms with Crippen LogP contribution in [0, 0.1) is 0 Å². The number of piperidine rings is 1. The van der Waals surface area contributed by atoms with E-state index in [1.54, 1.807) is 0 Å². The van der Waals surface area contributed by atoms with E-state index in [0.29, 0.717) is 19.0 Å². The third-order valence-electron chi connectivity index (χ3n) is 2.43. The zero-order chi connectivity index (χ0) is 9.19. The number of hydrogen-bond acceptors (Lipinski definition) is 3.